The first kappa shape index (κ1) is 47.4. The van der Waals surface area contributed by atoms with Crippen molar-refractivity contribution in [2.45, 2.75) is 174 Å². The Bertz CT molecular complexity index is 1570. The molecule has 0 aromatic rings. The van der Waals surface area contributed by atoms with Gasteiger partial charge in [0.2, 0.25) is 5.79 Å². The summed E-state index contributed by atoms with van der Waals surface area (Å²) in [6, 6.07) is -1.10. The normalized spacial score (nSPS) is 39.8. The van der Waals surface area contributed by atoms with Crippen LogP contribution < -0.4 is 0 Å². The van der Waals surface area contributed by atoms with Crippen LogP contribution in [0.5, 0.6) is 0 Å². The fourth-order valence-electron chi connectivity index (χ4n) is 8.70. The summed E-state index contributed by atoms with van der Waals surface area (Å²) in [6.45, 7) is 10.8. The third-order valence-electron chi connectivity index (χ3n) is 12.9. The predicted octanol–water partition coefficient (Wildman–Crippen LogP) is 5.64. The Labute approximate surface area is 344 Å². The van der Waals surface area contributed by atoms with Gasteiger partial charge in [0.25, 0.3) is 11.7 Å². The van der Waals surface area contributed by atoms with Crippen molar-refractivity contribution in [3.8, 4) is 0 Å². The number of hydrogen-bond acceptors (Lipinski definition) is 11. The zero-order valence-corrected chi connectivity index (χ0v) is 35.5. The van der Waals surface area contributed by atoms with Gasteiger partial charge in [0.15, 0.2) is 0 Å². The van der Waals surface area contributed by atoms with Crippen molar-refractivity contribution >= 4 is 29.2 Å². The highest BCUT2D eigenvalue weighted by Gasteiger charge is 2.53. The number of cyclic esters (lactones) is 1. The number of aliphatic hydroxyl groups is 4. The van der Waals surface area contributed by atoms with Crippen molar-refractivity contribution in [2.24, 2.45) is 29.6 Å². The number of ketones is 3. The van der Waals surface area contributed by atoms with Crippen LogP contribution in [0.25, 0.3) is 0 Å². The first-order chi connectivity index (χ1) is 27.4. The van der Waals surface area contributed by atoms with Gasteiger partial charge in [0.1, 0.15) is 23.7 Å². The number of rotatable bonds is 3. The molecular weight excluding hydrogens is 743 g/mol. The molecule has 0 aromatic carbocycles. The molecule has 3 heterocycles. The summed E-state index contributed by atoms with van der Waals surface area (Å²) >= 11 is 0. The second-order valence-electron chi connectivity index (χ2n) is 17.8. The van der Waals surface area contributed by atoms with E-state index in [-0.39, 0.29) is 74.1 Å². The molecule has 3 fully saturated rings. The topological polar surface area (TPSA) is 188 Å². The lowest BCUT2D eigenvalue weighted by atomic mass is 9.79. The summed E-state index contributed by atoms with van der Waals surface area (Å²) in [5.41, 5.74) is 1.14. The lowest BCUT2D eigenvalue weighted by Crippen LogP contribution is -2.59. The van der Waals surface area contributed by atoms with Gasteiger partial charge in [-0.3, -0.25) is 19.2 Å². The standard InChI is InChI=1S/C46H69NO11/c1-28-11-8-7-9-12-29(2)40(51)26-37-21-15-33(6)46(56,58-37)43(53)44(54)47-22-10-13-38(47)45(55)57-42(32(5)24-34-16-19-35(48)20-17-34)27-41(52)31(4)23-30(3)39(50)25-36(49)18-14-28/h7-9,11-12,23,28,31-35,37-40,42,48,50-51,56H,10,13-22,24-27H2,1-6H3/b9-7+,11-8+,29-12+,30-23+/t28-,31-,32-,33-,34?,35?,37+,38?,39+,40+,42+,46-/m1/s1. The van der Waals surface area contributed by atoms with E-state index in [9.17, 15) is 44.4 Å². The quantitative estimate of drug-likeness (QED) is 0.157. The van der Waals surface area contributed by atoms with E-state index in [1.807, 2.05) is 32.1 Å². The summed E-state index contributed by atoms with van der Waals surface area (Å²) < 4.78 is 12.1. The molecule has 4 aliphatic rings. The van der Waals surface area contributed by atoms with Crippen molar-refractivity contribution in [1.82, 2.24) is 4.90 Å². The van der Waals surface area contributed by atoms with Gasteiger partial charge in [0, 0.05) is 44.1 Å². The van der Waals surface area contributed by atoms with Crippen molar-refractivity contribution in [3.05, 3.63) is 47.6 Å². The number of amides is 1. The Morgan fingerprint density at radius 3 is 2.26 bits per heavy atom. The molecule has 0 spiro atoms. The largest absolute Gasteiger partial charge is 0.460 e. The number of Topliss-reactive ketones (excluding diaryl/α,β-unsaturated/α-hetero) is 3. The third-order valence-corrected chi connectivity index (χ3v) is 12.9. The molecule has 12 heteroatoms. The summed E-state index contributed by atoms with van der Waals surface area (Å²) in [5.74, 6) is -6.95. The Kier molecular flexibility index (Phi) is 17.8. The van der Waals surface area contributed by atoms with Crippen LogP contribution in [0.2, 0.25) is 0 Å². The SMILES string of the molecule is C/C1=C\[C@@H](C)C(=O)C[C@@H]([C@H](C)CC2CCC(O)CC2)OC(=O)C2CCCN2C(=O)C(=O)[C@]2(O)O[C@@H](CC[C@H]2C)C[C@H](O)/C(C)=C/C=C/C=C/[C@@H](C)CCC(=O)C[C@@H]1O. The molecule has 1 saturated carbocycles. The van der Waals surface area contributed by atoms with Crippen LogP contribution in [0.3, 0.4) is 0 Å². The van der Waals surface area contributed by atoms with Crippen LogP contribution in [0.1, 0.15) is 131 Å². The highest BCUT2D eigenvalue weighted by molar-refractivity contribution is 6.39. The van der Waals surface area contributed by atoms with Crippen LogP contribution in [0.15, 0.2) is 47.6 Å². The van der Waals surface area contributed by atoms with E-state index in [1.165, 1.54) is 0 Å². The maximum absolute atomic E-state index is 14.0. The Morgan fingerprint density at radius 1 is 0.845 bits per heavy atom. The minimum atomic E-state index is -2.45. The van der Waals surface area contributed by atoms with Gasteiger partial charge in [0.05, 0.1) is 24.4 Å². The van der Waals surface area contributed by atoms with Gasteiger partial charge < -0.3 is 34.8 Å². The maximum Gasteiger partial charge on any atom is 0.329 e. The lowest BCUT2D eigenvalue weighted by molar-refractivity contribution is -0.265. The van der Waals surface area contributed by atoms with E-state index < -0.39 is 65.7 Å². The molecule has 12 nitrogen and oxygen atoms in total. The average Bonchev–Trinajstić information content (AvgIpc) is 3.68. The van der Waals surface area contributed by atoms with Crippen molar-refractivity contribution in [3.63, 3.8) is 0 Å². The van der Waals surface area contributed by atoms with E-state index in [4.69, 9.17) is 9.47 Å². The monoisotopic (exact) mass is 811 g/mol. The summed E-state index contributed by atoms with van der Waals surface area (Å²) in [6.07, 6.45) is 12.9. The number of hydrogen-bond donors (Lipinski definition) is 4. The van der Waals surface area contributed by atoms with Crippen LogP contribution in [0.4, 0.5) is 0 Å². The molecule has 1 unspecified atom stereocenters. The molecule has 2 bridgehead atoms. The lowest BCUT2D eigenvalue weighted by Gasteiger charge is -2.41. The maximum atomic E-state index is 14.0. The molecule has 1 aliphatic carbocycles. The van der Waals surface area contributed by atoms with Gasteiger partial charge >= 0.3 is 5.97 Å². The molecule has 324 valence electrons. The van der Waals surface area contributed by atoms with Gasteiger partial charge in [-0.2, -0.15) is 0 Å². The van der Waals surface area contributed by atoms with E-state index in [2.05, 4.69) is 0 Å². The zero-order valence-electron chi connectivity index (χ0n) is 35.5. The summed E-state index contributed by atoms with van der Waals surface area (Å²) in [7, 11) is 0. The molecule has 10 atom stereocenters. The third kappa shape index (κ3) is 13.1. The second-order valence-corrected chi connectivity index (χ2v) is 17.8. The average molecular weight is 812 g/mol. The fraction of sp³-hybridized carbons (Fsp3) is 0.717. The van der Waals surface area contributed by atoms with E-state index in [0.717, 1.165) is 17.7 Å². The number of fused-ring (bicyclic) bond motifs is 3. The van der Waals surface area contributed by atoms with Crippen LogP contribution in [-0.4, -0.2) is 103 Å². The zero-order chi connectivity index (χ0) is 42.7. The molecule has 0 radical (unpaired) electrons. The highest BCUT2D eigenvalue weighted by Crippen LogP contribution is 2.37. The van der Waals surface area contributed by atoms with Crippen LogP contribution in [0, 0.1) is 29.6 Å². The number of nitrogens with zero attached hydrogens (tertiary/aromatic N) is 1. The molecule has 0 aromatic heterocycles. The van der Waals surface area contributed by atoms with Gasteiger partial charge in [-0.1, -0.05) is 64.2 Å². The van der Waals surface area contributed by atoms with E-state index in [0.29, 0.717) is 56.1 Å². The number of allylic oxidation sites excluding steroid dienone is 6. The fourth-order valence-corrected chi connectivity index (χ4v) is 8.70. The summed E-state index contributed by atoms with van der Waals surface area (Å²) in [5, 5.41) is 43.6. The van der Waals surface area contributed by atoms with Gasteiger partial charge in [-0.05, 0) is 107 Å². The number of carbonyl (C=O) groups is 5. The summed E-state index contributed by atoms with van der Waals surface area (Å²) in [4.78, 5) is 69.5. The van der Waals surface area contributed by atoms with Gasteiger partial charge in [-0.15, -0.1) is 0 Å². The first-order valence-electron chi connectivity index (χ1n) is 21.6. The number of ether oxygens (including phenoxy) is 2. The van der Waals surface area contributed by atoms with Crippen LogP contribution in [-0.2, 0) is 33.4 Å². The number of aliphatic hydroxyl groups excluding tert-OH is 3. The molecule has 1 amide bonds. The highest BCUT2D eigenvalue weighted by atomic mass is 16.6. The number of carbonyl (C=O) groups excluding carboxylic acids is 5. The van der Waals surface area contributed by atoms with Crippen molar-refractivity contribution < 1.29 is 53.9 Å². The van der Waals surface area contributed by atoms with Crippen LogP contribution >= 0.6 is 0 Å². The molecule has 2 saturated heterocycles. The number of esters is 1. The molecule has 4 N–H and O–H groups in total. The van der Waals surface area contributed by atoms with Gasteiger partial charge in [-0.25, -0.2) is 4.79 Å². The van der Waals surface area contributed by atoms with Crippen molar-refractivity contribution in [1.29, 1.82) is 0 Å². The van der Waals surface area contributed by atoms with E-state index in [1.54, 1.807) is 45.9 Å². The Hall–Kier alpha value is -3.29. The smallest absolute Gasteiger partial charge is 0.329 e. The predicted molar refractivity (Wildman–Crippen MR) is 219 cm³/mol. The molecule has 3 aliphatic heterocycles. The minimum absolute atomic E-state index is 0.0688. The Morgan fingerprint density at radius 2 is 1.55 bits per heavy atom. The Balaban J connectivity index is 1.61. The minimum Gasteiger partial charge on any atom is -0.460 e. The molecular formula is C46H69NO11. The first-order valence-corrected chi connectivity index (χ1v) is 21.6. The second kappa shape index (κ2) is 21.8. The molecule has 58 heavy (non-hydrogen) atoms. The van der Waals surface area contributed by atoms with Crippen molar-refractivity contribution in [2.75, 3.05) is 6.54 Å². The molecule has 4 rings (SSSR count). The van der Waals surface area contributed by atoms with E-state index >= 15 is 0 Å².